The maximum atomic E-state index is 12.8. The second-order valence-corrected chi connectivity index (χ2v) is 7.75. The number of nitriles is 1. The fourth-order valence-electron chi connectivity index (χ4n) is 2.82. The Hall–Kier alpha value is -2.63. The molecule has 0 atom stereocenters. The van der Waals surface area contributed by atoms with Gasteiger partial charge in [-0.15, -0.1) is 0 Å². The molecule has 2 aromatic rings. The van der Waals surface area contributed by atoms with Gasteiger partial charge in [0.25, 0.3) is 0 Å². The summed E-state index contributed by atoms with van der Waals surface area (Å²) in [6.45, 7) is 4.29. The van der Waals surface area contributed by atoms with E-state index in [0.717, 1.165) is 5.82 Å². The van der Waals surface area contributed by atoms with Crippen LogP contribution >= 0.6 is 0 Å². The Bertz CT molecular complexity index is 882. The number of pyridine rings is 1. The predicted molar refractivity (Wildman–Crippen MR) is 97.5 cm³/mol. The van der Waals surface area contributed by atoms with Gasteiger partial charge in [0.15, 0.2) is 0 Å². The lowest BCUT2D eigenvalue weighted by Gasteiger charge is -2.34. The highest BCUT2D eigenvalue weighted by molar-refractivity contribution is 7.89. The lowest BCUT2D eigenvalue weighted by atomic mass is 10.3. The average Bonchev–Trinajstić information content (AvgIpc) is 2.69. The van der Waals surface area contributed by atoms with Crippen LogP contribution in [0.4, 0.5) is 5.82 Å². The number of benzene rings is 1. The summed E-state index contributed by atoms with van der Waals surface area (Å²) in [4.78, 5) is 6.56. The molecule has 1 aliphatic rings. The minimum atomic E-state index is -3.52. The summed E-state index contributed by atoms with van der Waals surface area (Å²) >= 11 is 0. The third-order valence-electron chi connectivity index (χ3n) is 4.21. The van der Waals surface area contributed by atoms with Gasteiger partial charge in [-0.3, -0.25) is 0 Å². The molecule has 26 heavy (non-hydrogen) atoms. The van der Waals surface area contributed by atoms with Crippen LogP contribution in [-0.4, -0.2) is 50.5 Å². The number of aromatic nitrogens is 1. The monoisotopic (exact) mass is 372 g/mol. The van der Waals surface area contributed by atoms with Crippen molar-refractivity contribution in [3.63, 3.8) is 0 Å². The lowest BCUT2D eigenvalue weighted by molar-refractivity contribution is 0.340. The van der Waals surface area contributed by atoms with E-state index in [9.17, 15) is 8.42 Å². The molecule has 0 radical (unpaired) electrons. The number of rotatable bonds is 5. The Morgan fingerprint density at radius 2 is 1.81 bits per heavy atom. The van der Waals surface area contributed by atoms with Gasteiger partial charge in [-0.1, -0.05) is 0 Å². The molecule has 0 aliphatic carbocycles. The second-order valence-electron chi connectivity index (χ2n) is 5.81. The fourth-order valence-corrected chi connectivity index (χ4v) is 4.24. The van der Waals surface area contributed by atoms with E-state index in [1.54, 1.807) is 36.4 Å². The smallest absolute Gasteiger partial charge is 0.243 e. The predicted octanol–water partition coefficient (Wildman–Crippen LogP) is 1.86. The molecule has 0 bridgehead atoms. The van der Waals surface area contributed by atoms with Gasteiger partial charge in [-0.05, 0) is 43.3 Å². The van der Waals surface area contributed by atoms with Crippen molar-refractivity contribution in [3.05, 3.63) is 48.2 Å². The van der Waals surface area contributed by atoms with Gasteiger partial charge >= 0.3 is 0 Å². The average molecular weight is 372 g/mol. The number of ether oxygens (including phenoxy) is 1. The molecule has 1 aliphatic heterocycles. The molecule has 1 aromatic carbocycles. The number of hydrogen-bond donors (Lipinski definition) is 0. The Labute approximate surface area is 153 Å². The molecular weight excluding hydrogens is 352 g/mol. The van der Waals surface area contributed by atoms with Crippen LogP contribution < -0.4 is 9.64 Å². The maximum Gasteiger partial charge on any atom is 0.243 e. The van der Waals surface area contributed by atoms with Crippen molar-refractivity contribution < 1.29 is 13.2 Å². The molecule has 0 spiro atoms. The van der Waals surface area contributed by atoms with Crippen LogP contribution in [0.3, 0.4) is 0 Å². The van der Waals surface area contributed by atoms with E-state index < -0.39 is 10.0 Å². The van der Waals surface area contributed by atoms with Gasteiger partial charge in [-0.2, -0.15) is 9.57 Å². The minimum absolute atomic E-state index is 0.269. The van der Waals surface area contributed by atoms with E-state index in [4.69, 9.17) is 10.00 Å². The zero-order valence-electron chi connectivity index (χ0n) is 14.5. The lowest BCUT2D eigenvalue weighted by Crippen LogP contribution is -2.48. The van der Waals surface area contributed by atoms with Crippen molar-refractivity contribution in [1.82, 2.24) is 9.29 Å². The van der Waals surface area contributed by atoms with Crippen LogP contribution in [0, 0.1) is 11.3 Å². The number of nitrogens with zero attached hydrogens (tertiary/aromatic N) is 4. The summed E-state index contributed by atoms with van der Waals surface area (Å²) < 4.78 is 32.4. The maximum absolute atomic E-state index is 12.8. The van der Waals surface area contributed by atoms with E-state index in [1.807, 2.05) is 17.9 Å². The summed E-state index contributed by atoms with van der Waals surface area (Å²) in [7, 11) is -3.52. The third kappa shape index (κ3) is 3.79. The quantitative estimate of drug-likeness (QED) is 0.796. The van der Waals surface area contributed by atoms with Crippen LogP contribution in [0.25, 0.3) is 0 Å². The molecule has 1 saturated heterocycles. The Kier molecular flexibility index (Phi) is 5.40. The highest BCUT2D eigenvalue weighted by atomic mass is 32.2. The van der Waals surface area contributed by atoms with Gasteiger partial charge in [-0.25, -0.2) is 13.4 Å². The molecule has 3 rings (SSSR count). The van der Waals surface area contributed by atoms with Gasteiger partial charge in [0, 0.05) is 32.4 Å². The first kappa shape index (κ1) is 18.2. The molecule has 2 heterocycles. The van der Waals surface area contributed by atoms with Crippen molar-refractivity contribution in [2.45, 2.75) is 11.8 Å². The Morgan fingerprint density at radius 3 is 2.35 bits per heavy atom. The number of piperazine rings is 1. The molecule has 0 unspecified atom stereocenters. The van der Waals surface area contributed by atoms with Crippen molar-refractivity contribution in [2.75, 3.05) is 37.7 Å². The zero-order chi connectivity index (χ0) is 18.6. The van der Waals surface area contributed by atoms with Gasteiger partial charge < -0.3 is 9.64 Å². The summed E-state index contributed by atoms with van der Waals surface area (Å²) in [5.74, 6) is 1.41. The number of hydrogen-bond acceptors (Lipinski definition) is 6. The summed E-state index contributed by atoms with van der Waals surface area (Å²) in [5.41, 5.74) is 0.505. The standard InChI is InChI=1S/C18H20N4O3S/c1-2-25-16-4-6-17(7-5-16)26(23,24)22-11-9-21(10-12-22)18-8-3-15(13-19)14-20-18/h3-8,14H,2,9-12H2,1H3. The van der Waals surface area contributed by atoms with Crippen LogP contribution in [0.15, 0.2) is 47.5 Å². The molecule has 136 valence electrons. The molecule has 0 N–H and O–H groups in total. The molecule has 1 fully saturated rings. The zero-order valence-corrected chi connectivity index (χ0v) is 15.3. The third-order valence-corrected chi connectivity index (χ3v) is 6.12. The first-order valence-corrected chi connectivity index (χ1v) is 9.82. The highest BCUT2D eigenvalue weighted by Gasteiger charge is 2.28. The van der Waals surface area contributed by atoms with Gasteiger partial charge in [0.1, 0.15) is 17.6 Å². The molecular formula is C18H20N4O3S. The number of anilines is 1. The Morgan fingerprint density at radius 1 is 1.12 bits per heavy atom. The largest absolute Gasteiger partial charge is 0.494 e. The molecule has 0 saturated carbocycles. The van der Waals surface area contributed by atoms with Crippen molar-refractivity contribution in [2.24, 2.45) is 0 Å². The summed E-state index contributed by atoms with van der Waals surface area (Å²) in [6.07, 6.45) is 1.53. The molecule has 7 nitrogen and oxygen atoms in total. The highest BCUT2D eigenvalue weighted by Crippen LogP contribution is 2.22. The first-order chi connectivity index (χ1) is 12.5. The Balaban J connectivity index is 1.67. The van der Waals surface area contributed by atoms with Crippen molar-refractivity contribution in [1.29, 1.82) is 5.26 Å². The van der Waals surface area contributed by atoms with Gasteiger partial charge in [0.05, 0.1) is 17.1 Å². The summed E-state index contributed by atoms with van der Waals surface area (Å²) in [6, 6.07) is 12.0. The van der Waals surface area contributed by atoms with E-state index in [2.05, 4.69) is 4.98 Å². The second kappa shape index (κ2) is 7.72. The van der Waals surface area contributed by atoms with Crippen LogP contribution in [0.5, 0.6) is 5.75 Å². The SMILES string of the molecule is CCOc1ccc(S(=O)(=O)N2CCN(c3ccc(C#N)cn3)CC2)cc1. The topological polar surface area (TPSA) is 86.5 Å². The molecule has 0 amide bonds. The van der Waals surface area contributed by atoms with Crippen LogP contribution in [0.2, 0.25) is 0 Å². The van der Waals surface area contributed by atoms with E-state index in [0.29, 0.717) is 44.1 Å². The first-order valence-electron chi connectivity index (χ1n) is 8.38. The summed E-state index contributed by atoms with van der Waals surface area (Å²) in [5, 5.41) is 8.83. The molecule has 1 aromatic heterocycles. The van der Waals surface area contributed by atoms with Crippen LogP contribution in [0.1, 0.15) is 12.5 Å². The normalized spacial score (nSPS) is 15.5. The minimum Gasteiger partial charge on any atom is -0.494 e. The van der Waals surface area contributed by atoms with E-state index >= 15 is 0 Å². The number of sulfonamides is 1. The van der Waals surface area contributed by atoms with Gasteiger partial charge in [0.2, 0.25) is 10.0 Å². The molecule has 8 heteroatoms. The van der Waals surface area contributed by atoms with Crippen molar-refractivity contribution >= 4 is 15.8 Å². The fraction of sp³-hybridized carbons (Fsp3) is 0.333. The van der Waals surface area contributed by atoms with Crippen LogP contribution in [-0.2, 0) is 10.0 Å². The van der Waals surface area contributed by atoms with E-state index in [-0.39, 0.29) is 4.90 Å². The van der Waals surface area contributed by atoms with E-state index in [1.165, 1.54) is 10.5 Å². The van der Waals surface area contributed by atoms with Crippen molar-refractivity contribution in [3.8, 4) is 11.8 Å².